The number of para-hydroxylation sites is 1. The molecular weight excluding hydrogens is 286 g/mol. The first-order valence-electron chi connectivity index (χ1n) is 8.97. The van der Waals surface area contributed by atoms with Crippen LogP contribution in [0.4, 0.5) is 5.69 Å². The lowest BCUT2D eigenvalue weighted by molar-refractivity contribution is -0.127. The Hall–Kier alpha value is -1.55. The molecule has 23 heavy (non-hydrogen) atoms. The minimum atomic E-state index is -0.127. The third-order valence-electron chi connectivity index (χ3n) is 6.45. The Labute approximate surface area is 138 Å². The Kier molecular flexibility index (Phi) is 3.60. The standard InChI is InChI=1S/C19H27N3O/c1-18(14-19(18)7-9-20-10-8-19)17(23)21-11-13-22-12-6-15-4-2-3-5-16(15)22/h2-5,20H,6-14H2,1H3,(H,21,23). The quantitative estimate of drug-likeness (QED) is 0.893. The summed E-state index contributed by atoms with van der Waals surface area (Å²) in [6.45, 7) is 7.02. The molecule has 4 rings (SSSR count). The molecular formula is C19H27N3O. The largest absolute Gasteiger partial charge is 0.369 e. The third kappa shape index (κ3) is 2.44. The van der Waals surface area contributed by atoms with Gasteiger partial charge in [-0.25, -0.2) is 0 Å². The van der Waals surface area contributed by atoms with E-state index in [1.807, 2.05) is 0 Å². The number of amides is 1. The number of piperidine rings is 1. The summed E-state index contributed by atoms with van der Waals surface area (Å²) in [7, 11) is 0. The lowest BCUT2D eigenvalue weighted by Gasteiger charge is -2.27. The van der Waals surface area contributed by atoms with Crippen molar-refractivity contribution in [2.75, 3.05) is 37.6 Å². The highest BCUT2D eigenvalue weighted by Crippen LogP contribution is 2.68. The van der Waals surface area contributed by atoms with Crippen molar-refractivity contribution in [1.29, 1.82) is 0 Å². The van der Waals surface area contributed by atoms with Crippen LogP contribution in [-0.2, 0) is 11.2 Å². The maximum atomic E-state index is 12.7. The predicted octanol–water partition coefficient (Wildman–Crippen LogP) is 1.95. The van der Waals surface area contributed by atoms with Crippen molar-refractivity contribution in [1.82, 2.24) is 10.6 Å². The third-order valence-corrected chi connectivity index (χ3v) is 6.45. The molecule has 2 heterocycles. The van der Waals surface area contributed by atoms with Gasteiger partial charge >= 0.3 is 0 Å². The second kappa shape index (κ2) is 5.52. The fraction of sp³-hybridized carbons (Fsp3) is 0.632. The number of nitrogens with one attached hydrogen (secondary N) is 2. The van der Waals surface area contributed by atoms with E-state index in [0.717, 1.165) is 58.4 Å². The number of fused-ring (bicyclic) bond motifs is 1. The molecule has 0 bridgehead atoms. The molecule has 0 aromatic heterocycles. The first-order valence-corrected chi connectivity index (χ1v) is 8.97. The number of carbonyl (C=O) groups excluding carboxylic acids is 1. The van der Waals surface area contributed by atoms with E-state index in [1.54, 1.807) is 0 Å². The molecule has 2 aliphatic heterocycles. The van der Waals surface area contributed by atoms with E-state index in [4.69, 9.17) is 0 Å². The molecule has 2 fully saturated rings. The molecule has 124 valence electrons. The Morgan fingerprint density at radius 3 is 2.91 bits per heavy atom. The van der Waals surface area contributed by atoms with Gasteiger partial charge in [0.05, 0.1) is 5.41 Å². The van der Waals surface area contributed by atoms with Crippen LogP contribution >= 0.6 is 0 Å². The average Bonchev–Trinajstić information content (AvgIpc) is 2.95. The van der Waals surface area contributed by atoms with Crippen molar-refractivity contribution in [2.45, 2.75) is 32.6 Å². The molecule has 1 saturated carbocycles. The molecule has 1 saturated heterocycles. The van der Waals surface area contributed by atoms with Crippen LogP contribution in [-0.4, -0.2) is 38.6 Å². The van der Waals surface area contributed by atoms with Gasteiger partial charge in [-0.3, -0.25) is 4.79 Å². The van der Waals surface area contributed by atoms with Crippen molar-refractivity contribution in [3.8, 4) is 0 Å². The van der Waals surface area contributed by atoms with Gasteiger partial charge in [-0.05, 0) is 55.8 Å². The van der Waals surface area contributed by atoms with Gasteiger partial charge in [-0.2, -0.15) is 0 Å². The molecule has 0 radical (unpaired) electrons. The molecule has 1 aromatic carbocycles. The van der Waals surface area contributed by atoms with Gasteiger partial charge in [-0.15, -0.1) is 0 Å². The zero-order valence-electron chi connectivity index (χ0n) is 14.0. The fourth-order valence-corrected chi connectivity index (χ4v) is 4.73. The molecule has 1 unspecified atom stereocenters. The van der Waals surface area contributed by atoms with E-state index in [2.05, 4.69) is 46.7 Å². The first-order chi connectivity index (χ1) is 11.1. The van der Waals surface area contributed by atoms with E-state index < -0.39 is 0 Å². The molecule has 2 N–H and O–H groups in total. The second-order valence-electron chi connectivity index (χ2n) is 7.66. The molecule has 3 aliphatic rings. The van der Waals surface area contributed by atoms with Crippen molar-refractivity contribution >= 4 is 11.6 Å². The topological polar surface area (TPSA) is 44.4 Å². The number of anilines is 1. The van der Waals surface area contributed by atoms with Gasteiger partial charge in [0.2, 0.25) is 5.91 Å². The number of rotatable bonds is 4. The van der Waals surface area contributed by atoms with Crippen LogP contribution in [0.5, 0.6) is 0 Å². The van der Waals surface area contributed by atoms with Crippen molar-refractivity contribution in [2.24, 2.45) is 10.8 Å². The van der Waals surface area contributed by atoms with Crippen LogP contribution < -0.4 is 15.5 Å². The van der Waals surface area contributed by atoms with Gasteiger partial charge in [0.1, 0.15) is 0 Å². The van der Waals surface area contributed by atoms with Gasteiger partial charge in [0.25, 0.3) is 0 Å². The summed E-state index contributed by atoms with van der Waals surface area (Å²) < 4.78 is 0. The number of benzene rings is 1. The maximum Gasteiger partial charge on any atom is 0.226 e. The molecule has 4 nitrogen and oxygen atoms in total. The molecule has 1 aromatic rings. The first kappa shape index (κ1) is 15.0. The Balaban J connectivity index is 1.30. The van der Waals surface area contributed by atoms with E-state index in [1.165, 1.54) is 11.3 Å². The van der Waals surface area contributed by atoms with Gasteiger partial charge < -0.3 is 15.5 Å². The highest BCUT2D eigenvalue weighted by atomic mass is 16.2. The van der Waals surface area contributed by atoms with Gasteiger partial charge in [-0.1, -0.05) is 25.1 Å². The minimum Gasteiger partial charge on any atom is -0.369 e. The van der Waals surface area contributed by atoms with Crippen molar-refractivity contribution in [3.63, 3.8) is 0 Å². The second-order valence-corrected chi connectivity index (χ2v) is 7.66. The monoisotopic (exact) mass is 313 g/mol. The summed E-state index contributed by atoms with van der Waals surface area (Å²) >= 11 is 0. The summed E-state index contributed by atoms with van der Waals surface area (Å²) in [6, 6.07) is 8.61. The van der Waals surface area contributed by atoms with E-state index in [9.17, 15) is 4.79 Å². The summed E-state index contributed by atoms with van der Waals surface area (Å²) in [5.41, 5.74) is 2.93. The average molecular weight is 313 g/mol. The Bertz CT molecular complexity index is 608. The summed E-state index contributed by atoms with van der Waals surface area (Å²) in [6.07, 6.45) is 4.49. The smallest absolute Gasteiger partial charge is 0.226 e. The molecule has 1 spiro atoms. The zero-order valence-corrected chi connectivity index (χ0v) is 14.0. The van der Waals surface area contributed by atoms with E-state index in [0.29, 0.717) is 0 Å². The van der Waals surface area contributed by atoms with E-state index >= 15 is 0 Å². The highest BCUT2D eigenvalue weighted by Gasteiger charge is 2.67. The Morgan fingerprint density at radius 2 is 2.09 bits per heavy atom. The van der Waals surface area contributed by atoms with Crippen LogP contribution in [0, 0.1) is 10.8 Å². The lowest BCUT2D eigenvalue weighted by Crippen LogP contribution is -2.41. The summed E-state index contributed by atoms with van der Waals surface area (Å²) in [5.74, 6) is 0.270. The number of hydrogen-bond acceptors (Lipinski definition) is 3. The molecule has 4 heteroatoms. The number of carbonyl (C=O) groups is 1. The Morgan fingerprint density at radius 1 is 1.30 bits per heavy atom. The van der Waals surface area contributed by atoms with Crippen molar-refractivity contribution in [3.05, 3.63) is 29.8 Å². The lowest BCUT2D eigenvalue weighted by atomic mass is 9.85. The van der Waals surface area contributed by atoms with Crippen LogP contribution in [0.1, 0.15) is 31.7 Å². The molecule has 1 aliphatic carbocycles. The molecule has 1 atom stereocenters. The SMILES string of the molecule is CC1(C(=O)NCCN2CCc3ccccc32)CC12CCNCC2. The van der Waals surface area contributed by atoms with Crippen molar-refractivity contribution < 1.29 is 4.79 Å². The normalized spacial score (nSPS) is 27.8. The molecule has 1 amide bonds. The van der Waals surface area contributed by atoms with Crippen LogP contribution in [0.2, 0.25) is 0 Å². The predicted molar refractivity (Wildman–Crippen MR) is 92.6 cm³/mol. The van der Waals surface area contributed by atoms with Crippen LogP contribution in [0.15, 0.2) is 24.3 Å². The van der Waals surface area contributed by atoms with Crippen LogP contribution in [0.25, 0.3) is 0 Å². The highest BCUT2D eigenvalue weighted by molar-refractivity contribution is 5.86. The van der Waals surface area contributed by atoms with Gasteiger partial charge in [0.15, 0.2) is 0 Å². The minimum absolute atomic E-state index is 0.127. The van der Waals surface area contributed by atoms with Gasteiger partial charge in [0, 0.05) is 25.3 Å². The summed E-state index contributed by atoms with van der Waals surface area (Å²) in [4.78, 5) is 15.1. The fourth-order valence-electron chi connectivity index (χ4n) is 4.73. The van der Waals surface area contributed by atoms with E-state index in [-0.39, 0.29) is 16.7 Å². The summed E-state index contributed by atoms with van der Waals surface area (Å²) in [5, 5.41) is 6.62. The van der Waals surface area contributed by atoms with Crippen LogP contribution in [0.3, 0.4) is 0 Å². The maximum absolute atomic E-state index is 12.7. The number of hydrogen-bond donors (Lipinski definition) is 2. The zero-order chi connectivity index (χ0) is 15.9. The number of nitrogens with zero attached hydrogens (tertiary/aromatic N) is 1.